The molecule has 0 amide bonds. The Balaban J connectivity index is 1.76. The maximum absolute atomic E-state index is 9.15. The number of aliphatic hydroxyl groups excluding tert-OH is 2. The van der Waals surface area contributed by atoms with Gasteiger partial charge < -0.3 is 15.5 Å². The zero-order chi connectivity index (χ0) is 11.4. The topological polar surface area (TPSA) is 52.5 Å². The van der Waals surface area contributed by atoms with Crippen molar-refractivity contribution in [1.29, 1.82) is 0 Å². The van der Waals surface area contributed by atoms with Gasteiger partial charge in [-0.3, -0.25) is 0 Å². The number of rotatable bonds is 6. The molecule has 1 aromatic rings. The van der Waals surface area contributed by atoms with Crippen molar-refractivity contribution >= 4 is 0 Å². The summed E-state index contributed by atoms with van der Waals surface area (Å²) in [5.74, 6) is 0. The Labute approximate surface area is 96.1 Å². The Bertz CT molecular complexity index is 330. The highest BCUT2D eigenvalue weighted by Gasteiger charge is 2.41. The minimum Gasteiger partial charge on any atom is -0.396 e. The van der Waals surface area contributed by atoms with Gasteiger partial charge in [0.15, 0.2) is 0 Å². The average Bonchev–Trinajstić information content (AvgIpc) is 3.11. The van der Waals surface area contributed by atoms with E-state index in [0.717, 1.165) is 31.5 Å². The molecular formula is C13H19NO2. The van der Waals surface area contributed by atoms with E-state index in [-0.39, 0.29) is 12.0 Å². The monoisotopic (exact) mass is 221 g/mol. The maximum atomic E-state index is 9.15. The van der Waals surface area contributed by atoms with E-state index in [2.05, 4.69) is 5.32 Å². The molecule has 1 aromatic carbocycles. The third-order valence-electron chi connectivity index (χ3n) is 3.33. The molecule has 0 heterocycles. The second-order valence-corrected chi connectivity index (χ2v) is 4.74. The van der Waals surface area contributed by atoms with Crippen LogP contribution in [0.2, 0.25) is 0 Å². The van der Waals surface area contributed by atoms with Crippen molar-refractivity contribution in [2.75, 3.05) is 13.2 Å². The van der Waals surface area contributed by atoms with Gasteiger partial charge in [0, 0.05) is 25.1 Å². The SMILES string of the molecule is OCc1ccc(CNCC2(CO)CC2)cc1. The van der Waals surface area contributed by atoms with E-state index in [1.165, 1.54) is 5.56 Å². The van der Waals surface area contributed by atoms with Gasteiger partial charge in [0.1, 0.15) is 0 Å². The molecular weight excluding hydrogens is 202 g/mol. The number of nitrogens with one attached hydrogen (secondary N) is 1. The molecule has 0 spiro atoms. The Morgan fingerprint density at radius 2 is 1.69 bits per heavy atom. The molecule has 3 heteroatoms. The molecule has 0 atom stereocenters. The fraction of sp³-hybridized carbons (Fsp3) is 0.538. The third-order valence-corrected chi connectivity index (χ3v) is 3.33. The molecule has 0 unspecified atom stereocenters. The van der Waals surface area contributed by atoms with Crippen molar-refractivity contribution in [3.05, 3.63) is 35.4 Å². The van der Waals surface area contributed by atoms with E-state index in [9.17, 15) is 0 Å². The molecule has 0 bridgehead atoms. The first kappa shape index (κ1) is 11.6. The second kappa shape index (κ2) is 4.95. The van der Waals surface area contributed by atoms with Crippen LogP contribution in [0.4, 0.5) is 0 Å². The Hall–Kier alpha value is -0.900. The highest BCUT2D eigenvalue weighted by molar-refractivity contribution is 5.21. The van der Waals surface area contributed by atoms with Crippen molar-refractivity contribution in [2.45, 2.75) is 26.0 Å². The number of aliphatic hydroxyl groups is 2. The Morgan fingerprint density at radius 3 is 2.19 bits per heavy atom. The van der Waals surface area contributed by atoms with Crippen LogP contribution in [-0.4, -0.2) is 23.4 Å². The smallest absolute Gasteiger partial charge is 0.0681 e. The summed E-state index contributed by atoms with van der Waals surface area (Å²) in [6, 6.07) is 7.93. The van der Waals surface area contributed by atoms with E-state index in [0.29, 0.717) is 6.61 Å². The lowest BCUT2D eigenvalue weighted by Gasteiger charge is -2.12. The third kappa shape index (κ3) is 2.82. The molecule has 1 aliphatic carbocycles. The average molecular weight is 221 g/mol. The van der Waals surface area contributed by atoms with Gasteiger partial charge in [-0.1, -0.05) is 24.3 Å². The minimum absolute atomic E-state index is 0.0985. The van der Waals surface area contributed by atoms with Crippen LogP contribution in [0.1, 0.15) is 24.0 Å². The van der Waals surface area contributed by atoms with Gasteiger partial charge >= 0.3 is 0 Å². The molecule has 1 aliphatic rings. The zero-order valence-electron chi connectivity index (χ0n) is 9.45. The fourth-order valence-corrected chi connectivity index (χ4v) is 1.80. The molecule has 0 aromatic heterocycles. The number of hydrogen-bond donors (Lipinski definition) is 3. The maximum Gasteiger partial charge on any atom is 0.0681 e. The summed E-state index contributed by atoms with van der Waals surface area (Å²) in [5, 5.41) is 21.4. The normalized spacial score (nSPS) is 17.4. The molecule has 0 radical (unpaired) electrons. The number of benzene rings is 1. The van der Waals surface area contributed by atoms with Crippen LogP contribution < -0.4 is 5.32 Å². The van der Waals surface area contributed by atoms with Crippen LogP contribution in [0.25, 0.3) is 0 Å². The largest absolute Gasteiger partial charge is 0.396 e. The minimum atomic E-state index is 0.0985. The predicted octanol–water partition coefficient (Wildman–Crippen LogP) is 1.04. The molecule has 0 aliphatic heterocycles. The lowest BCUT2D eigenvalue weighted by Crippen LogP contribution is -2.26. The summed E-state index contributed by atoms with van der Waals surface area (Å²) in [5.41, 5.74) is 2.33. The van der Waals surface area contributed by atoms with Crippen molar-refractivity contribution in [3.63, 3.8) is 0 Å². The molecule has 1 saturated carbocycles. The highest BCUT2D eigenvalue weighted by Crippen LogP contribution is 2.44. The molecule has 88 valence electrons. The lowest BCUT2D eigenvalue weighted by molar-refractivity contribution is 0.207. The quantitative estimate of drug-likeness (QED) is 0.673. The van der Waals surface area contributed by atoms with Crippen molar-refractivity contribution in [2.24, 2.45) is 5.41 Å². The summed E-state index contributed by atoms with van der Waals surface area (Å²) in [6.07, 6.45) is 2.28. The van der Waals surface area contributed by atoms with E-state index in [1.807, 2.05) is 24.3 Å². The van der Waals surface area contributed by atoms with E-state index in [4.69, 9.17) is 10.2 Å². The van der Waals surface area contributed by atoms with Crippen LogP contribution in [0.15, 0.2) is 24.3 Å². The number of hydrogen-bond acceptors (Lipinski definition) is 3. The Kier molecular flexibility index (Phi) is 3.59. The second-order valence-electron chi connectivity index (χ2n) is 4.74. The molecule has 0 saturated heterocycles. The lowest BCUT2D eigenvalue weighted by atomic mass is 10.1. The van der Waals surface area contributed by atoms with Gasteiger partial charge in [0.2, 0.25) is 0 Å². The van der Waals surface area contributed by atoms with Gasteiger partial charge in [0.25, 0.3) is 0 Å². The van der Waals surface area contributed by atoms with Crippen molar-refractivity contribution in [3.8, 4) is 0 Å². The van der Waals surface area contributed by atoms with E-state index < -0.39 is 0 Å². The first-order valence-corrected chi connectivity index (χ1v) is 5.78. The predicted molar refractivity (Wildman–Crippen MR) is 62.8 cm³/mol. The summed E-state index contributed by atoms with van der Waals surface area (Å²) in [6.45, 7) is 2.11. The molecule has 16 heavy (non-hydrogen) atoms. The van der Waals surface area contributed by atoms with Crippen LogP contribution in [0.5, 0.6) is 0 Å². The first-order valence-electron chi connectivity index (χ1n) is 5.78. The fourth-order valence-electron chi connectivity index (χ4n) is 1.80. The van der Waals surface area contributed by atoms with Gasteiger partial charge in [0.05, 0.1) is 6.61 Å². The first-order chi connectivity index (χ1) is 7.78. The van der Waals surface area contributed by atoms with Crippen LogP contribution >= 0.6 is 0 Å². The van der Waals surface area contributed by atoms with Gasteiger partial charge in [-0.05, 0) is 24.0 Å². The van der Waals surface area contributed by atoms with Crippen molar-refractivity contribution < 1.29 is 10.2 Å². The highest BCUT2D eigenvalue weighted by atomic mass is 16.3. The van der Waals surface area contributed by atoms with Gasteiger partial charge in [-0.25, -0.2) is 0 Å². The molecule has 2 rings (SSSR count). The standard InChI is InChI=1S/C13H19NO2/c15-8-12-3-1-11(2-4-12)7-14-9-13(10-16)5-6-13/h1-4,14-16H,5-10H2. The van der Waals surface area contributed by atoms with Gasteiger partial charge in [-0.15, -0.1) is 0 Å². The summed E-state index contributed by atoms with van der Waals surface area (Å²) >= 11 is 0. The van der Waals surface area contributed by atoms with E-state index >= 15 is 0 Å². The molecule has 3 nitrogen and oxygen atoms in total. The molecule has 1 fully saturated rings. The van der Waals surface area contributed by atoms with Crippen LogP contribution in [0, 0.1) is 5.41 Å². The summed E-state index contributed by atoms with van der Waals surface area (Å²) in [7, 11) is 0. The van der Waals surface area contributed by atoms with Crippen molar-refractivity contribution in [1.82, 2.24) is 5.32 Å². The Morgan fingerprint density at radius 1 is 1.06 bits per heavy atom. The summed E-state index contributed by atoms with van der Waals surface area (Å²) in [4.78, 5) is 0. The van der Waals surface area contributed by atoms with Gasteiger partial charge in [-0.2, -0.15) is 0 Å². The summed E-state index contributed by atoms with van der Waals surface area (Å²) < 4.78 is 0. The molecule has 3 N–H and O–H groups in total. The zero-order valence-corrected chi connectivity index (χ0v) is 9.45. The van der Waals surface area contributed by atoms with Crippen LogP contribution in [-0.2, 0) is 13.2 Å². The van der Waals surface area contributed by atoms with E-state index in [1.54, 1.807) is 0 Å². The van der Waals surface area contributed by atoms with Crippen LogP contribution in [0.3, 0.4) is 0 Å².